The van der Waals surface area contributed by atoms with E-state index in [-0.39, 0.29) is 5.56 Å². The molecule has 200 valence electrons. The highest BCUT2D eigenvalue weighted by molar-refractivity contribution is 6.41. The maximum Gasteiger partial charge on any atom is 0.262 e. The smallest absolute Gasteiger partial charge is 0.262 e. The Morgan fingerprint density at radius 3 is 2.38 bits per heavy atom. The number of halogens is 1. The molecule has 7 rings (SSSR count). The second kappa shape index (κ2) is 8.49. The zero-order valence-corrected chi connectivity index (χ0v) is 21.6. The third kappa shape index (κ3) is 3.04. The lowest BCUT2D eigenvalue weighted by Gasteiger charge is -2.42. The Morgan fingerprint density at radius 2 is 1.67 bits per heavy atom. The third-order valence-electron chi connectivity index (χ3n) is 8.07. The molecule has 4 N–H and O–H groups in total. The number of carbonyl (C=O) groups is 2. The highest BCUT2D eigenvalue weighted by Gasteiger charge is 2.47. The molecule has 0 aliphatic carbocycles. The van der Waals surface area contributed by atoms with E-state index < -0.39 is 49.1 Å². The Labute approximate surface area is 225 Å². The van der Waals surface area contributed by atoms with Crippen molar-refractivity contribution in [2.45, 2.75) is 30.6 Å². The van der Waals surface area contributed by atoms with Crippen molar-refractivity contribution in [3.05, 3.63) is 58.6 Å². The SMILES string of the molecule is CO[C@H]1[C@H](O)[C@@H](O)[C@H](n2c3c(Cl)cccc3c3c4c(c5c6ccccc6[nH]c5c32)C(=O)N(C)C4=O)O[C@@H]1CO. The first-order chi connectivity index (χ1) is 18.8. The Kier molecular flexibility index (Phi) is 5.34. The molecule has 0 saturated carbocycles. The van der Waals surface area contributed by atoms with Gasteiger partial charge in [-0.25, -0.2) is 0 Å². The van der Waals surface area contributed by atoms with Crippen molar-refractivity contribution < 1.29 is 34.4 Å². The Balaban J connectivity index is 1.70. The molecule has 11 heteroatoms. The zero-order chi connectivity index (χ0) is 27.3. The van der Waals surface area contributed by atoms with Gasteiger partial charge in [0.15, 0.2) is 6.23 Å². The number of nitrogens with one attached hydrogen (secondary N) is 1. The monoisotopic (exact) mass is 549 g/mol. The number of amides is 2. The molecule has 0 unspecified atom stereocenters. The number of H-pyrrole nitrogens is 1. The van der Waals surface area contributed by atoms with Crippen LogP contribution in [0.5, 0.6) is 0 Å². The minimum Gasteiger partial charge on any atom is -0.394 e. The molecular formula is C28H24ClN3O7. The number of ether oxygens (including phenoxy) is 2. The molecule has 0 spiro atoms. The van der Waals surface area contributed by atoms with Crippen LogP contribution in [0.3, 0.4) is 0 Å². The van der Waals surface area contributed by atoms with Gasteiger partial charge in [-0.1, -0.05) is 41.9 Å². The Bertz CT molecular complexity index is 1860. The van der Waals surface area contributed by atoms with Gasteiger partial charge in [0.2, 0.25) is 0 Å². The van der Waals surface area contributed by atoms with E-state index in [1.165, 1.54) is 14.2 Å². The first-order valence-corrected chi connectivity index (χ1v) is 12.8. The summed E-state index contributed by atoms with van der Waals surface area (Å²) in [6, 6.07) is 12.7. The number of carbonyl (C=O) groups excluding carboxylic acids is 2. The molecule has 0 radical (unpaired) electrons. The maximum absolute atomic E-state index is 13.6. The molecule has 10 nitrogen and oxygen atoms in total. The molecule has 0 bridgehead atoms. The van der Waals surface area contributed by atoms with E-state index in [0.29, 0.717) is 43.3 Å². The van der Waals surface area contributed by atoms with Crippen LogP contribution < -0.4 is 0 Å². The maximum atomic E-state index is 13.6. The fourth-order valence-electron chi connectivity index (χ4n) is 6.33. The summed E-state index contributed by atoms with van der Waals surface area (Å²) < 4.78 is 13.2. The molecule has 39 heavy (non-hydrogen) atoms. The molecule has 2 aromatic heterocycles. The van der Waals surface area contributed by atoms with E-state index in [9.17, 15) is 24.9 Å². The van der Waals surface area contributed by atoms with E-state index in [1.54, 1.807) is 22.8 Å². The lowest BCUT2D eigenvalue weighted by molar-refractivity contribution is -0.255. The van der Waals surface area contributed by atoms with Crippen LogP contribution in [0.2, 0.25) is 5.02 Å². The highest BCUT2D eigenvalue weighted by atomic mass is 35.5. The van der Waals surface area contributed by atoms with E-state index in [0.717, 1.165) is 15.8 Å². The van der Waals surface area contributed by atoms with E-state index in [4.69, 9.17) is 21.1 Å². The summed E-state index contributed by atoms with van der Waals surface area (Å²) >= 11 is 6.77. The van der Waals surface area contributed by atoms with Crippen LogP contribution in [0.1, 0.15) is 26.9 Å². The number of fused-ring (bicyclic) bond motifs is 10. The number of para-hydroxylation sites is 2. The summed E-state index contributed by atoms with van der Waals surface area (Å²) in [5.41, 5.74) is 2.75. The van der Waals surface area contributed by atoms with Gasteiger partial charge in [0, 0.05) is 41.2 Å². The standard InChI is InChI=1S/C28H24ClN3O7/c1-31-26(36)18-16-11-6-3-4-9-14(11)30-20(16)22-17(19(18)27(31)37)12-7-5-8-13(29)21(12)32(22)28-24(35)23(34)25(38-2)15(10-33)39-28/h3-9,15,23-25,28,30,33-35H,10H2,1-2H3/t15-,23-,24-,25-,28-/m1/s1. The lowest BCUT2D eigenvalue weighted by Crippen LogP contribution is -2.57. The molecule has 2 aliphatic rings. The largest absolute Gasteiger partial charge is 0.394 e. The topological polar surface area (TPSA) is 137 Å². The van der Waals surface area contributed by atoms with E-state index >= 15 is 0 Å². The van der Waals surface area contributed by atoms with Crippen molar-refractivity contribution >= 4 is 67.0 Å². The van der Waals surface area contributed by atoms with Crippen molar-refractivity contribution in [2.24, 2.45) is 0 Å². The molecule has 2 aliphatic heterocycles. The quantitative estimate of drug-likeness (QED) is 0.254. The number of aliphatic hydroxyl groups is 3. The molecule has 1 fully saturated rings. The number of methoxy groups -OCH3 is 1. The average molecular weight is 550 g/mol. The fourth-order valence-corrected chi connectivity index (χ4v) is 6.60. The summed E-state index contributed by atoms with van der Waals surface area (Å²) in [6.07, 6.45) is -6.05. The Hall–Kier alpha value is -3.51. The third-order valence-corrected chi connectivity index (χ3v) is 8.38. The van der Waals surface area contributed by atoms with Gasteiger partial charge >= 0.3 is 0 Å². The number of aliphatic hydroxyl groups excluding tert-OH is 3. The number of imide groups is 1. The van der Waals surface area contributed by atoms with Crippen LogP contribution in [0.25, 0.3) is 43.6 Å². The van der Waals surface area contributed by atoms with Gasteiger partial charge in [0.05, 0.1) is 39.3 Å². The molecule has 4 heterocycles. The van der Waals surface area contributed by atoms with Gasteiger partial charge in [0.1, 0.15) is 24.4 Å². The van der Waals surface area contributed by atoms with Gasteiger partial charge in [0.25, 0.3) is 11.8 Å². The van der Waals surface area contributed by atoms with Crippen molar-refractivity contribution in [1.82, 2.24) is 14.5 Å². The minimum absolute atomic E-state index is 0.236. The molecule has 1 saturated heterocycles. The van der Waals surface area contributed by atoms with E-state index in [1.807, 2.05) is 24.3 Å². The first-order valence-electron chi connectivity index (χ1n) is 12.5. The second-order valence-electron chi connectivity index (χ2n) is 10.00. The van der Waals surface area contributed by atoms with Crippen LogP contribution in [0, 0.1) is 0 Å². The summed E-state index contributed by atoms with van der Waals surface area (Å²) in [5.74, 6) is -0.869. The summed E-state index contributed by atoms with van der Waals surface area (Å²) in [4.78, 5) is 31.6. The molecule has 2 amide bonds. The molecule has 3 aromatic carbocycles. The van der Waals surface area contributed by atoms with Crippen LogP contribution in [0.15, 0.2) is 42.5 Å². The Morgan fingerprint density at radius 1 is 0.974 bits per heavy atom. The number of hydrogen-bond acceptors (Lipinski definition) is 7. The number of rotatable bonds is 3. The van der Waals surface area contributed by atoms with Gasteiger partial charge in [-0.15, -0.1) is 0 Å². The van der Waals surface area contributed by atoms with Crippen LogP contribution in [-0.2, 0) is 9.47 Å². The molecule has 5 aromatic rings. The van der Waals surface area contributed by atoms with Crippen LogP contribution in [-0.4, -0.2) is 86.8 Å². The first kappa shape index (κ1) is 24.5. The van der Waals surface area contributed by atoms with Crippen molar-refractivity contribution in [3.63, 3.8) is 0 Å². The highest BCUT2D eigenvalue weighted by Crippen LogP contribution is 2.48. The average Bonchev–Trinajstić information content (AvgIpc) is 3.56. The number of nitrogens with zero attached hydrogens (tertiary/aromatic N) is 2. The second-order valence-corrected chi connectivity index (χ2v) is 10.4. The predicted molar refractivity (Wildman–Crippen MR) is 144 cm³/mol. The predicted octanol–water partition coefficient (Wildman–Crippen LogP) is 2.93. The van der Waals surface area contributed by atoms with Gasteiger partial charge in [-0.3, -0.25) is 14.5 Å². The van der Waals surface area contributed by atoms with Crippen molar-refractivity contribution in [3.8, 4) is 0 Å². The minimum atomic E-state index is -1.49. The molecular weight excluding hydrogens is 526 g/mol. The number of aromatic nitrogens is 2. The van der Waals surface area contributed by atoms with Crippen molar-refractivity contribution in [2.75, 3.05) is 20.8 Å². The summed E-state index contributed by atoms with van der Waals surface area (Å²) in [5, 5.41) is 35.1. The molecule has 5 atom stereocenters. The zero-order valence-electron chi connectivity index (χ0n) is 20.9. The van der Waals surface area contributed by atoms with Gasteiger partial charge < -0.3 is 34.3 Å². The van der Waals surface area contributed by atoms with Gasteiger partial charge in [-0.05, 0) is 12.1 Å². The van der Waals surface area contributed by atoms with Crippen LogP contribution in [0.4, 0.5) is 0 Å². The fraction of sp³-hybridized carbons (Fsp3) is 0.286. The van der Waals surface area contributed by atoms with Crippen molar-refractivity contribution in [1.29, 1.82) is 0 Å². The number of hydrogen-bond donors (Lipinski definition) is 4. The lowest BCUT2D eigenvalue weighted by atomic mass is 9.96. The number of aromatic amines is 1. The number of benzene rings is 3. The van der Waals surface area contributed by atoms with E-state index in [2.05, 4.69) is 4.98 Å². The summed E-state index contributed by atoms with van der Waals surface area (Å²) in [6.45, 7) is -0.474. The van der Waals surface area contributed by atoms with Gasteiger partial charge in [-0.2, -0.15) is 0 Å². The summed E-state index contributed by atoms with van der Waals surface area (Å²) in [7, 11) is 2.81. The normalized spacial score (nSPS) is 25.6. The van der Waals surface area contributed by atoms with Crippen LogP contribution >= 0.6 is 11.6 Å².